The van der Waals surface area contributed by atoms with Crippen LogP contribution < -0.4 is 10.1 Å². The maximum Gasteiger partial charge on any atom is 0.266 e. The third-order valence-electron chi connectivity index (χ3n) is 3.69. The van der Waals surface area contributed by atoms with Crippen LogP contribution >= 0.6 is 0 Å². The third kappa shape index (κ3) is 2.06. The number of hydrogen-bond donors (Lipinski definition) is 2. The zero-order chi connectivity index (χ0) is 12.5. The molecule has 1 aliphatic carbocycles. The smallest absolute Gasteiger partial charge is 0.266 e. The van der Waals surface area contributed by atoms with Crippen molar-refractivity contribution in [3.8, 4) is 5.75 Å². The van der Waals surface area contributed by atoms with Crippen molar-refractivity contribution < 1.29 is 14.6 Å². The monoisotopic (exact) mass is 248 g/mol. The van der Waals surface area contributed by atoms with Gasteiger partial charge in [-0.05, 0) is 37.8 Å². The lowest BCUT2D eigenvalue weighted by Crippen LogP contribution is -2.44. The van der Waals surface area contributed by atoms with Crippen molar-refractivity contribution in [2.24, 2.45) is 5.92 Å². The Morgan fingerprint density at radius 2 is 2.11 bits per heavy atom. The highest BCUT2D eigenvalue weighted by Crippen LogP contribution is 2.34. The van der Waals surface area contributed by atoms with Gasteiger partial charge in [-0.2, -0.15) is 0 Å². The van der Waals surface area contributed by atoms with Crippen LogP contribution in [0.4, 0.5) is 5.82 Å². The van der Waals surface area contributed by atoms with E-state index in [9.17, 15) is 9.90 Å². The Balaban J connectivity index is 1.76. The minimum atomic E-state index is -0.450. The topological polar surface area (TPSA) is 71.5 Å². The number of aliphatic hydroxyl groups is 1. The molecule has 1 atom stereocenters. The van der Waals surface area contributed by atoms with Crippen LogP contribution in [-0.2, 0) is 4.79 Å². The van der Waals surface area contributed by atoms with Crippen LogP contribution in [0.5, 0.6) is 5.75 Å². The molecule has 3 rings (SSSR count). The number of carbonyl (C=O) groups is 1. The molecule has 5 nitrogen and oxygen atoms in total. The molecular formula is C13H16N2O3. The Morgan fingerprint density at radius 3 is 2.89 bits per heavy atom. The van der Waals surface area contributed by atoms with Crippen LogP contribution in [0.25, 0.3) is 0 Å². The molecule has 2 N–H and O–H groups in total. The molecule has 2 aliphatic rings. The number of aliphatic hydroxyl groups excluding tert-OH is 1. The number of amides is 1. The molecule has 0 aromatic carbocycles. The summed E-state index contributed by atoms with van der Waals surface area (Å²) in [6.07, 6.45) is 4.11. The molecule has 96 valence electrons. The summed E-state index contributed by atoms with van der Waals surface area (Å²) in [6.45, 7) is 0. The first-order valence-electron chi connectivity index (χ1n) is 6.34. The minimum absolute atomic E-state index is 0.123. The number of anilines is 1. The van der Waals surface area contributed by atoms with Crippen molar-refractivity contribution in [3.05, 3.63) is 18.3 Å². The summed E-state index contributed by atoms with van der Waals surface area (Å²) in [7, 11) is 0. The molecule has 5 heteroatoms. The Bertz CT molecular complexity index is 455. The molecule has 18 heavy (non-hydrogen) atoms. The fourth-order valence-electron chi connectivity index (χ4n) is 2.67. The van der Waals surface area contributed by atoms with Gasteiger partial charge in [0.2, 0.25) is 0 Å². The first-order valence-corrected chi connectivity index (χ1v) is 6.34. The molecule has 1 amide bonds. The second-order valence-electron chi connectivity index (χ2n) is 4.95. The summed E-state index contributed by atoms with van der Waals surface area (Å²) in [5, 5.41) is 12.3. The molecule has 0 saturated heterocycles. The molecule has 1 fully saturated rings. The van der Waals surface area contributed by atoms with Crippen LogP contribution in [0.15, 0.2) is 18.3 Å². The van der Waals surface area contributed by atoms with Crippen molar-refractivity contribution in [2.75, 3.05) is 5.32 Å². The summed E-state index contributed by atoms with van der Waals surface area (Å²) in [5.41, 5.74) is 0. The maximum atomic E-state index is 12.0. The molecule has 0 bridgehead atoms. The molecule has 1 aromatic rings. The number of fused-ring (bicyclic) bond motifs is 1. The lowest BCUT2D eigenvalue weighted by molar-refractivity contribution is -0.127. The van der Waals surface area contributed by atoms with Gasteiger partial charge in [-0.15, -0.1) is 0 Å². The van der Waals surface area contributed by atoms with Gasteiger partial charge in [0.1, 0.15) is 0 Å². The average molecular weight is 248 g/mol. The number of ether oxygens (including phenoxy) is 1. The number of nitrogens with one attached hydrogen (secondary N) is 1. The Morgan fingerprint density at radius 1 is 1.33 bits per heavy atom. The SMILES string of the molecule is O=C1Nc2ncccc2OC1C1CCC(O)CC1. The van der Waals surface area contributed by atoms with Gasteiger partial charge in [0, 0.05) is 12.1 Å². The van der Waals surface area contributed by atoms with E-state index in [1.54, 1.807) is 12.3 Å². The normalized spacial score (nSPS) is 31.2. The highest BCUT2D eigenvalue weighted by Gasteiger charge is 2.36. The number of rotatable bonds is 1. The predicted octanol–water partition coefficient (Wildman–Crippen LogP) is 1.33. The second kappa shape index (κ2) is 4.57. The van der Waals surface area contributed by atoms with Crippen molar-refractivity contribution in [3.63, 3.8) is 0 Å². The Kier molecular flexibility index (Phi) is 2.91. The number of nitrogens with zero attached hydrogens (tertiary/aromatic N) is 1. The molecule has 0 spiro atoms. The van der Waals surface area contributed by atoms with Gasteiger partial charge in [-0.1, -0.05) is 0 Å². The summed E-state index contributed by atoms with van der Waals surface area (Å²) < 4.78 is 5.76. The lowest BCUT2D eigenvalue weighted by Gasteiger charge is -2.34. The summed E-state index contributed by atoms with van der Waals surface area (Å²) in [5.74, 6) is 1.19. The van der Waals surface area contributed by atoms with Gasteiger partial charge in [0.25, 0.3) is 5.91 Å². The van der Waals surface area contributed by atoms with Crippen molar-refractivity contribution in [1.82, 2.24) is 4.98 Å². The van der Waals surface area contributed by atoms with E-state index in [1.165, 1.54) is 0 Å². The zero-order valence-corrected chi connectivity index (χ0v) is 10.0. The van der Waals surface area contributed by atoms with Crippen LogP contribution in [0.2, 0.25) is 0 Å². The predicted molar refractivity (Wildman–Crippen MR) is 65.2 cm³/mol. The first kappa shape index (κ1) is 11.5. The molecule has 1 aliphatic heterocycles. The Hall–Kier alpha value is -1.62. The van der Waals surface area contributed by atoms with Gasteiger partial charge in [0.05, 0.1) is 6.10 Å². The van der Waals surface area contributed by atoms with E-state index in [0.717, 1.165) is 25.7 Å². The third-order valence-corrected chi connectivity index (χ3v) is 3.69. The molecular weight excluding hydrogens is 232 g/mol. The first-order chi connectivity index (χ1) is 8.74. The number of hydrogen-bond acceptors (Lipinski definition) is 4. The molecule has 1 unspecified atom stereocenters. The summed E-state index contributed by atoms with van der Waals surface area (Å²) in [6, 6.07) is 3.60. The van der Waals surface area contributed by atoms with Crippen LogP contribution in [0.3, 0.4) is 0 Å². The van der Waals surface area contributed by atoms with E-state index in [4.69, 9.17) is 4.74 Å². The van der Waals surface area contributed by atoms with Gasteiger partial charge < -0.3 is 15.2 Å². The van der Waals surface area contributed by atoms with Crippen molar-refractivity contribution in [2.45, 2.75) is 37.9 Å². The van der Waals surface area contributed by atoms with Gasteiger partial charge in [0.15, 0.2) is 17.7 Å². The van der Waals surface area contributed by atoms with Crippen molar-refractivity contribution >= 4 is 11.7 Å². The van der Waals surface area contributed by atoms with Crippen LogP contribution in [0.1, 0.15) is 25.7 Å². The fraction of sp³-hybridized carbons (Fsp3) is 0.538. The number of pyridine rings is 1. The summed E-state index contributed by atoms with van der Waals surface area (Å²) in [4.78, 5) is 16.1. The minimum Gasteiger partial charge on any atom is -0.476 e. The van der Waals surface area contributed by atoms with E-state index in [-0.39, 0.29) is 17.9 Å². The Labute approximate surface area is 105 Å². The van der Waals surface area contributed by atoms with Crippen LogP contribution in [0, 0.1) is 5.92 Å². The number of carbonyl (C=O) groups excluding carboxylic acids is 1. The van der Waals surface area contributed by atoms with E-state index in [2.05, 4.69) is 10.3 Å². The summed E-state index contributed by atoms with van der Waals surface area (Å²) >= 11 is 0. The average Bonchev–Trinajstić information content (AvgIpc) is 2.39. The van der Waals surface area contributed by atoms with E-state index in [0.29, 0.717) is 11.6 Å². The van der Waals surface area contributed by atoms with Crippen LogP contribution in [-0.4, -0.2) is 28.2 Å². The van der Waals surface area contributed by atoms with E-state index >= 15 is 0 Å². The van der Waals surface area contributed by atoms with E-state index in [1.807, 2.05) is 6.07 Å². The second-order valence-corrected chi connectivity index (χ2v) is 4.95. The van der Waals surface area contributed by atoms with Gasteiger partial charge >= 0.3 is 0 Å². The molecule has 2 heterocycles. The fourth-order valence-corrected chi connectivity index (χ4v) is 2.67. The van der Waals surface area contributed by atoms with Gasteiger partial charge in [-0.3, -0.25) is 4.79 Å². The maximum absolute atomic E-state index is 12.0. The van der Waals surface area contributed by atoms with E-state index < -0.39 is 6.10 Å². The molecule has 1 saturated carbocycles. The zero-order valence-electron chi connectivity index (χ0n) is 10.0. The quantitative estimate of drug-likeness (QED) is 0.786. The molecule has 0 radical (unpaired) electrons. The highest BCUT2D eigenvalue weighted by molar-refractivity contribution is 5.96. The largest absolute Gasteiger partial charge is 0.476 e. The molecule has 1 aromatic heterocycles. The number of aromatic nitrogens is 1. The van der Waals surface area contributed by atoms with Crippen molar-refractivity contribution in [1.29, 1.82) is 0 Å². The lowest BCUT2D eigenvalue weighted by atomic mass is 9.83. The van der Waals surface area contributed by atoms with Gasteiger partial charge in [-0.25, -0.2) is 4.98 Å². The highest BCUT2D eigenvalue weighted by atomic mass is 16.5. The standard InChI is InChI=1S/C13H16N2O3/c16-9-5-3-8(4-6-9)11-13(17)15-12-10(18-11)2-1-7-14-12/h1-2,7-9,11,16H,3-6H2,(H,14,15,17).